The molecule has 2 amide bonds. The van der Waals surface area contributed by atoms with Gasteiger partial charge in [-0.1, -0.05) is 12.1 Å². The normalized spacial score (nSPS) is 24.8. The number of β-amino-alcohol motifs (C(OH)–C–C–N with tert-alkyl or cyclic N) is 1. The van der Waals surface area contributed by atoms with E-state index in [-0.39, 0.29) is 24.0 Å². The third-order valence-corrected chi connectivity index (χ3v) is 10.7. The number of nitrogens with zero attached hydrogens (tertiary/aromatic N) is 5. The summed E-state index contributed by atoms with van der Waals surface area (Å²) >= 11 is 0. The van der Waals surface area contributed by atoms with Gasteiger partial charge in [-0.3, -0.25) is 14.5 Å². The van der Waals surface area contributed by atoms with Gasteiger partial charge in [0.15, 0.2) is 0 Å². The molecule has 1 N–H and O–H groups in total. The Morgan fingerprint density at radius 1 is 0.957 bits per heavy atom. The molecule has 3 aliphatic carbocycles. The smallest absolute Gasteiger partial charge is 0.410 e. The molecule has 1 aliphatic heterocycles. The Bertz CT molecular complexity index is 1560. The molecule has 1 aromatic carbocycles. The monoisotopic (exact) mass is 641 g/mol. The van der Waals surface area contributed by atoms with Crippen LogP contribution in [0.25, 0.3) is 11.1 Å². The lowest BCUT2D eigenvalue weighted by molar-refractivity contribution is -0.124. The van der Waals surface area contributed by atoms with Crippen molar-refractivity contribution in [2.45, 2.75) is 95.3 Å². The molecule has 0 unspecified atom stereocenters. The number of amides is 2. The second kappa shape index (κ2) is 13.7. The van der Waals surface area contributed by atoms with Gasteiger partial charge < -0.3 is 24.4 Å². The number of carbonyl (C=O) groups excluding carboxylic acids is 2. The number of aromatic nitrogens is 3. The Morgan fingerprint density at radius 2 is 1.72 bits per heavy atom. The maximum Gasteiger partial charge on any atom is 0.410 e. The SMILES string of the molecule is COc1ccc(C2CCC(CN(C(=O)C3CCC(OC(=O)N4CC(O)C4)CC3)c3cccc(-c4cnn(C5CC5)c4)c3)CC2)nc1C. The molecule has 7 rings (SSSR count). The summed E-state index contributed by atoms with van der Waals surface area (Å²) in [5.74, 6) is 1.70. The van der Waals surface area contributed by atoms with Crippen molar-refractivity contribution in [3.63, 3.8) is 0 Å². The summed E-state index contributed by atoms with van der Waals surface area (Å²) in [6.45, 7) is 3.36. The van der Waals surface area contributed by atoms with Crippen LogP contribution in [0, 0.1) is 18.8 Å². The fourth-order valence-electron chi connectivity index (χ4n) is 7.58. The average molecular weight is 642 g/mol. The first-order valence-corrected chi connectivity index (χ1v) is 17.5. The van der Waals surface area contributed by atoms with Gasteiger partial charge in [-0.15, -0.1) is 0 Å². The predicted octanol–water partition coefficient (Wildman–Crippen LogP) is 6.28. The van der Waals surface area contributed by atoms with E-state index in [4.69, 9.17) is 14.5 Å². The summed E-state index contributed by atoms with van der Waals surface area (Å²) < 4.78 is 13.2. The molecule has 4 fully saturated rings. The van der Waals surface area contributed by atoms with Crippen molar-refractivity contribution >= 4 is 17.7 Å². The van der Waals surface area contributed by atoms with Crippen LogP contribution in [0.15, 0.2) is 48.8 Å². The van der Waals surface area contributed by atoms with Gasteiger partial charge in [0.1, 0.15) is 11.9 Å². The molecule has 0 spiro atoms. The van der Waals surface area contributed by atoms with Crippen LogP contribution < -0.4 is 9.64 Å². The van der Waals surface area contributed by atoms with Crippen LogP contribution in [0.3, 0.4) is 0 Å². The van der Waals surface area contributed by atoms with Gasteiger partial charge in [0.05, 0.1) is 44.2 Å². The van der Waals surface area contributed by atoms with Crippen molar-refractivity contribution in [2.75, 3.05) is 31.6 Å². The molecule has 2 aromatic heterocycles. The largest absolute Gasteiger partial charge is 0.495 e. The van der Waals surface area contributed by atoms with E-state index in [9.17, 15) is 14.7 Å². The number of carbonyl (C=O) groups is 2. The summed E-state index contributed by atoms with van der Waals surface area (Å²) in [5.41, 5.74) is 5.15. The summed E-state index contributed by atoms with van der Waals surface area (Å²) in [6.07, 6.45) is 12.4. The van der Waals surface area contributed by atoms with Crippen molar-refractivity contribution in [2.24, 2.45) is 11.8 Å². The number of hydrogen-bond donors (Lipinski definition) is 1. The zero-order valence-electron chi connectivity index (χ0n) is 27.6. The standard InChI is InChI=1S/C37H47N5O5/c1-24-35(46-2)17-16-34(39-24)26-8-6-25(7-9-26)20-41(31-5-3-4-28(18-31)29-19-38-42(21-29)30-12-13-30)36(44)27-10-14-33(15-11-27)47-37(45)40-22-32(43)23-40/h3-5,16-19,21,25-27,30,32-33,43H,6-15,20,22-23H2,1-2H3. The summed E-state index contributed by atoms with van der Waals surface area (Å²) in [5, 5.41) is 14.1. The zero-order valence-corrected chi connectivity index (χ0v) is 27.6. The van der Waals surface area contributed by atoms with E-state index in [1.165, 1.54) is 17.7 Å². The van der Waals surface area contributed by atoms with Crippen molar-refractivity contribution in [1.82, 2.24) is 19.7 Å². The molecule has 250 valence electrons. The highest BCUT2D eigenvalue weighted by Crippen LogP contribution is 2.39. The quantitative estimate of drug-likeness (QED) is 0.293. The van der Waals surface area contributed by atoms with Gasteiger partial charge in [0.25, 0.3) is 0 Å². The highest BCUT2D eigenvalue weighted by molar-refractivity contribution is 5.95. The first-order chi connectivity index (χ1) is 22.8. The van der Waals surface area contributed by atoms with E-state index >= 15 is 0 Å². The number of pyridine rings is 1. The second-order valence-corrected chi connectivity index (χ2v) is 14.1. The molecule has 3 saturated carbocycles. The molecule has 4 aliphatic rings. The second-order valence-electron chi connectivity index (χ2n) is 14.1. The van der Waals surface area contributed by atoms with E-state index in [0.717, 1.165) is 59.6 Å². The molecule has 10 heteroatoms. The minimum atomic E-state index is -0.451. The van der Waals surface area contributed by atoms with Crippen LogP contribution in [0.5, 0.6) is 5.75 Å². The third-order valence-electron chi connectivity index (χ3n) is 10.7. The number of aliphatic hydroxyl groups excluding tert-OH is 1. The van der Waals surface area contributed by atoms with Crippen LogP contribution >= 0.6 is 0 Å². The molecule has 10 nitrogen and oxygen atoms in total. The van der Waals surface area contributed by atoms with Crippen LogP contribution in [0.2, 0.25) is 0 Å². The van der Waals surface area contributed by atoms with Gasteiger partial charge in [-0.05, 0) is 107 Å². The molecular weight excluding hydrogens is 594 g/mol. The van der Waals surface area contributed by atoms with Crippen molar-refractivity contribution in [3.8, 4) is 16.9 Å². The highest BCUT2D eigenvalue weighted by atomic mass is 16.6. The topological polar surface area (TPSA) is 110 Å². The van der Waals surface area contributed by atoms with E-state index < -0.39 is 6.10 Å². The van der Waals surface area contributed by atoms with Gasteiger partial charge >= 0.3 is 6.09 Å². The van der Waals surface area contributed by atoms with E-state index in [1.807, 2.05) is 24.1 Å². The minimum Gasteiger partial charge on any atom is -0.495 e. The molecule has 3 aromatic rings. The molecule has 3 heterocycles. The summed E-state index contributed by atoms with van der Waals surface area (Å²) in [4.78, 5) is 35.2. The summed E-state index contributed by atoms with van der Waals surface area (Å²) in [7, 11) is 1.68. The Labute approximate surface area is 277 Å². The first-order valence-electron chi connectivity index (χ1n) is 17.5. The molecule has 0 radical (unpaired) electrons. The maximum atomic E-state index is 14.4. The number of likely N-dealkylation sites (tertiary alicyclic amines) is 1. The van der Waals surface area contributed by atoms with Crippen LogP contribution in [0.1, 0.15) is 87.6 Å². The van der Waals surface area contributed by atoms with Crippen molar-refractivity contribution in [1.29, 1.82) is 0 Å². The maximum absolute atomic E-state index is 14.4. The van der Waals surface area contributed by atoms with Gasteiger partial charge in [0.2, 0.25) is 5.91 Å². The molecule has 1 saturated heterocycles. The summed E-state index contributed by atoms with van der Waals surface area (Å²) in [6, 6.07) is 13.0. The fraction of sp³-hybridized carbons (Fsp3) is 0.568. The Hall–Kier alpha value is -3.92. The fourth-order valence-corrected chi connectivity index (χ4v) is 7.58. The third kappa shape index (κ3) is 7.17. The number of aryl methyl sites for hydroxylation is 1. The lowest BCUT2D eigenvalue weighted by Gasteiger charge is -2.38. The number of rotatable bonds is 9. The van der Waals surface area contributed by atoms with Crippen LogP contribution in [-0.2, 0) is 9.53 Å². The number of ether oxygens (including phenoxy) is 2. The lowest BCUT2D eigenvalue weighted by Crippen LogP contribution is -2.54. The van der Waals surface area contributed by atoms with Crippen molar-refractivity contribution in [3.05, 3.63) is 60.2 Å². The van der Waals surface area contributed by atoms with Gasteiger partial charge in [-0.25, -0.2) is 4.79 Å². The van der Waals surface area contributed by atoms with Crippen molar-refractivity contribution < 1.29 is 24.2 Å². The minimum absolute atomic E-state index is 0.111. The molecule has 47 heavy (non-hydrogen) atoms. The first kappa shape index (κ1) is 31.7. The van der Waals surface area contributed by atoms with E-state index in [2.05, 4.69) is 46.3 Å². The Morgan fingerprint density at radius 3 is 2.40 bits per heavy atom. The Kier molecular flexibility index (Phi) is 9.21. The Balaban J connectivity index is 1.04. The van der Waals surface area contributed by atoms with Gasteiger partial charge in [-0.2, -0.15) is 5.10 Å². The molecule has 0 atom stereocenters. The number of hydrogen-bond acceptors (Lipinski definition) is 7. The molecule has 0 bridgehead atoms. The number of benzene rings is 1. The van der Waals surface area contributed by atoms with E-state index in [1.54, 1.807) is 7.11 Å². The van der Waals surface area contributed by atoms with Crippen LogP contribution in [-0.4, -0.2) is 75.7 Å². The number of methoxy groups -OCH3 is 1. The van der Waals surface area contributed by atoms with E-state index in [0.29, 0.717) is 63.2 Å². The van der Waals surface area contributed by atoms with Gasteiger partial charge in [0, 0.05) is 41.5 Å². The number of aliphatic hydroxyl groups is 1. The average Bonchev–Trinajstić information content (AvgIpc) is 3.81. The zero-order chi connectivity index (χ0) is 32.5. The number of anilines is 1. The highest BCUT2D eigenvalue weighted by Gasteiger charge is 2.36. The lowest BCUT2D eigenvalue weighted by atomic mass is 9.79. The van der Waals surface area contributed by atoms with Crippen LogP contribution in [0.4, 0.5) is 10.5 Å². The molecular formula is C37H47N5O5. The predicted molar refractivity (Wildman–Crippen MR) is 178 cm³/mol.